The van der Waals surface area contributed by atoms with E-state index in [1.54, 1.807) is 13.8 Å². The van der Waals surface area contributed by atoms with Crippen molar-refractivity contribution < 1.29 is 24.0 Å². The van der Waals surface area contributed by atoms with Crippen LogP contribution in [0.15, 0.2) is 35.5 Å². The summed E-state index contributed by atoms with van der Waals surface area (Å²) in [6.07, 6.45) is 0. The largest absolute Gasteiger partial charge is 0.460 e. The minimum atomic E-state index is -0.749. The third-order valence-electron chi connectivity index (χ3n) is 4.09. The maximum atomic E-state index is 12.6. The van der Waals surface area contributed by atoms with E-state index in [1.807, 2.05) is 0 Å². The predicted molar refractivity (Wildman–Crippen MR) is 92.3 cm³/mol. The van der Waals surface area contributed by atoms with Crippen molar-refractivity contribution in [3.05, 3.63) is 51.2 Å². The summed E-state index contributed by atoms with van der Waals surface area (Å²) in [4.78, 5) is 36.7. The lowest BCUT2D eigenvalue weighted by Crippen LogP contribution is -2.47. The summed E-state index contributed by atoms with van der Waals surface area (Å²) < 4.78 is 10.1. The maximum absolute atomic E-state index is 12.6. The summed E-state index contributed by atoms with van der Waals surface area (Å²) in [6, 6.07) is 4.59. The smallest absolute Gasteiger partial charge is 0.338 e. The Morgan fingerprint density at radius 3 is 2.50 bits per heavy atom. The van der Waals surface area contributed by atoms with Crippen LogP contribution >= 0.6 is 0 Å². The van der Waals surface area contributed by atoms with Gasteiger partial charge in [0.15, 0.2) is 0 Å². The second-order valence-electron chi connectivity index (χ2n) is 5.60. The first-order chi connectivity index (χ1) is 12.4. The fourth-order valence-electron chi connectivity index (χ4n) is 2.76. The first-order valence-corrected chi connectivity index (χ1v) is 8.09. The molecule has 1 aromatic carbocycles. The van der Waals surface area contributed by atoms with Crippen LogP contribution in [-0.4, -0.2) is 48.7 Å². The number of urea groups is 1. The van der Waals surface area contributed by atoms with E-state index in [9.17, 15) is 19.7 Å². The Hall–Kier alpha value is -2.94. The minimum Gasteiger partial charge on any atom is -0.460 e. The van der Waals surface area contributed by atoms with Crippen LogP contribution in [0.4, 0.5) is 10.5 Å². The first-order valence-electron chi connectivity index (χ1n) is 8.09. The van der Waals surface area contributed by atoms with Crippen LogP contribution < -0.4 is 5.32 Å². The quantitative estimate of drug-likeness (QED) is 0.344. The molecule has 2 amide bonds. The van der Waals surface area contributed by atoms with Crippen molar-refractivity contribution >= 4 is 17.7 Å². The normalized spacial score (nSPS) is 17.1. The van der Waals surface area contributed by atoms with Gasteiger partial charge in [0.05, 0.1) is 23.1 Å². The number of amides is 2. The van der Waals surface area contributed by atoms with Gasteiger partial charge < -0.3 is 14.8 Å². The number of nitro groups is 1. The van der Waals surface area contributed by atoms with Gasteiger partial charge in [-0.2, -0.15) is 0 Å². The van der Waals surface area contributed by atoms with Crippen LogP contribution in [0.25, 0.3) is 0 Å². The summed E-state index contributed by atoms with van der Waals surface area (Å²) in [6.45, 7) is 4.19. The topological polar surface area (TPSA) is 111 Å². The molecule has 0 saturated carbocycles. The maximum Gasteiger partial charge on any atom is 0.338 e. The molecule has 0 aromatic heterocycles. The number of nitrogens with zero attached hydrogens (tertiary/aromatic N) is 2. The number of rotatable bonds is 7. The number of hydrogen-bond donors (Lipinski definition) is 1. The van der Waals surface area contributed by atoms with E-state index in [1.165, 1.54) is 36.3 Å². The molecule has 0 aliphatic carbocycles. The Balaban J connectivity index is 2.40. The molecule has 1 aliphatic heterocycles. The van der Waals surface area contributed by atoms with Crippen molar-refractivity contribution in [3.8, 4) is 0 Å². The lowest BCUT2D eigenvalue weighted by Gasteiger charge is -2.34. The average molecular weight is 363 g/mol. The zero-order chi connectivity index (χ0) is 19.3. The van der Waals surface area contributed by atoms with Crippen molar-refractivity contribution in [2.75, 3.05) is 26.9 Å². The van der Waals surface area contributed by atoms with E-state index in [2.05, 4.69) is 5.32 Å². The summed E-state index contributed by atoms with van der Waals surface area (Å²) >= 11 is 0. The average Bonchev–Trinajstić information content (AvgIpc) is 2.61. The first kappa shape index (κ1) is 19.4. The Morgan fingerprint density at radius 1 is 1.31 bits per heavy atom. The highest BCUT2D eigenvalue weighted by molar-refractivity contribution is 5.95. The second-order valence-corrected chi connectivity index (χ2v) is 5.60. The fourth-order valence-corrected chi connectivity index (χ4v) is 2.76. The molecule has 1 atom stereocenters. The number of carbonyl (C=O) groups excluding carboxylic acids is 2. The van der Waals surface area contributed by atoms with Gasteiger partial charge in [-0.25, -0.2) is 9.59 Å². The highest BCUT2D eigenvalue weighted by atomic mass is 16.6. The van der Waals surface area contributed by atoms with Crippen LogP contribution in [0.1, 0.15) is 25.5 Å². The van der Waals surface area contributed by atoms with Gasteiger partial charge in [-0.05, 0) is 31.5 Å². The van der Waals surface area contributed by atoms with E-state index in [-0.39, 0.29) is 30.5 Å². The Morgan fingerprint density at radius 2 is 1.96 bits per heavy atom. The molecule has 0 bridgehead atoms. The molecule has 0 saturated heterocycles. The highest BCUT2D eigenvalue weighted by Gasteiger charge is 2.36. The Kier molecular flexibility index (Phi) is 6.29. The number of ether oxygens (including phenoxy) is 2. The number of nitro benzene ring substituents is 1. The second kappa shape index (κ2) is 8.43. The van der Waals surface area contributed by atoms with E-state index < -0.39 is 16.9 Å². The van der Waals surface area contributed by atoms with Gasteiger partial charge in [-0.15, -0.1) is 0 Å². The summed E-state index contributed by atoms with van der Waals surface area (Å²) in [7, 11) is 1.50. The van der Waals surface area contributed by atoms with Crippen molar-refractivity contribution in [2.45, 2.75) is 19.9 Å². The number of non-ortho nitro benzene ring substituents is 1. The summed E-state index contributed by atoms with van der Waals surface area (Å²) in [5.41, 5.74) is 1.26. The van der Waals surface area contributed by atoms with Crippen molar-refractivity contribution in [1.82, 2.24) is 10.2 Å². The molecule has 0 fully saturated rings. The standard InChI is InChI=1S/C17H21N3O6/c1-4-19-11(2)14(16(21)26-10-9-25-3)15(18-17(19)22)12-5-7-13(8-6-12)20(23)24/h5-8,15H,4,9-10H2,1-3H3,(H,18,22). The van der Waals surface area contributed by atoms with Gasteiger partial charge in [0.2, 0.25) is 0 Å². The number of nitrogens with one attached hydrogen (secondary N) is 1. The summed E-state index contributed by atoms with van der Waals surface area (Å²) in [5, 5.41) is 13.6. The number of methoxy groups -OCH3 is 1. The van der Waals surface area contributed by atoms with Gasteiger partial charge in [0.25, 0.3) is 5.69 Å². The van der Waals surface area contributed by atoms with E-state index in [0.29, 0.717) is 17.8 Å². The molecular weight excluding hydrogens is 342 g/mol. The molecule has 9 heteroatoms. The number of carbonyl (C=O) groups is 2. The van der Waals surface area contributed by atoms with Crippen LogP contribution in [-0.2, 0) is 14.3 Å². The zero-order valence-electron chi connectivity index (χ0n) is 14.9. The molecule has 140 valence electrons. The van der Waals surface area contributed by atoms with Crippen molar-refractivity contribution in [3.63, 3.8) is 0 Å². The third kappa shape index (κ3) is 3.99. The molecule has 26 heavy (non-hydrogen) atoms. The molecule has 1 N–H and O–H groups in total. The van der Waals surface area contributed by atoms with E-state index in [4.69, 9.17) is 9.47 Å². The molecule has 0 spiro atoms. The lowest BCUT2D eigenvalue weighted by atomic mass is 9.94. The van der Waals surface area contributed by atoms with Crippen LogP contribution in [0.2, 0.25) is 0 Å². The van der Waals surface area contributed by atoms with Gasteiger partial charge in [0, 0.05) is 31.5 Å². The SMILES string of the molecule is CCN1C(=O)NC(c2ccc([N+](=O)[O-])cc2)C(C(=O)OCCOC)=C1C. The molecule has 1 aliphatic rings. The minimum absolute atomic E-state index is 0.0732. The number of esters is 1. The molecule has 2 rings (SSSR count). The summed E-state index contributed by atoms with van der Waals surface area (Å²) in [5.74, 6) is -0.568. The van der Waals surface area contributed by atoms with Gasteiger partial charge in [0.1, 0.15) is 6.61 Å². The lowest BCUT2D eigenvalue weighted by molar-refractivity contribution is -0.384. The fraction of sp³-hybridized carbons (Fsp3) is 0.412. The van der Waals surface area contributed by atoms with Crippen molar-refractivity contribution in [2.24, 2.45) is 0 Å². The number of hydrogen-bond acceptors (Lipinski definition) is 6. The van der Waals surface area contributed by atoms with Crippen molar-refractivity contribution in [1.29, 1.82) is 0 Å². The highest BCUT2D eigenvalue weighted by Crippen LogP contribution is 2.32. The third-order valence-corrected chi connectivity index (χ3v) is 4.09. The molecule has 1 aromatic rings. The number of benzene rings is 1. The van der Waals surface area contributed by atoms with Crippen LogP contribution in [0, 0.1) is 10.1 Å². The van der Waals surface area contributed by atoms with Gasteiger partial charge in [-0.1, -0.05) is 0 Å². The Labute approximate surface area is 150 Å². The monoisotopic (exact) mass is 363 g/mol. The van der Waals surface area contributed by atoms with Crippen LogP contribution in [0.5, 0.6) is 0 Å². The van der Waals surface area contributed by atoms with E-state index >= 15 is 0 Å². The van der Waals surface area contributed by atoms with Crippen LogP contribution in [0.3, 0.4) is 0 Å². The number of allylic oxidation sites excluding steroid dienone is 1. The zero-order valence-corrected chi connectivity index (χ0v) is 14.9. The molecular formula is C17H21N3O6. The molecule has 9 nitrogen and oxygen atoms in total. The Bertz CT molecular complexity index is 729. The van der Waals surface area contributed by atoms with E-state index in [0.717, 1.165) is 0 Å². The van der Waals surface area contributed by atoms with Gasteiger partial charge in [-0.3, -0.25) is 15.0 Å². The molecule has 1 unspecified atom stereocenters. The van der Waals surface area contributed by atoms with Gasteiger partial charge >= 0.3 is 12.0 Å². The molecule has 0 radical (unpaired) electrons. The molecule has 1 heterocycles. The predicted octanol–water partition coefficient (Wildman–Crippen LogP) is 2.14.